The van der Waals surface area contributed by atoms with Crippen LogP contribution >= 0.6 is 11.3 Å². The van der Waals surface area contributed by atoms with Crippen LogP contribution in [0.25, 0.3) is 10.2 Å². The summed E-state index contributed by atoms with van der Waals surface area (Å²) in [4.78, 5) is 23.2. The number of amides is 1. The summed E-state index contributed by atoms with van der Waals surface area (Å²) in [6, 6.07) is 8.89. The minimum Gasteiger partial charge on any atom is -0.368 e. The Morgan fingerprint density at radius 1 is 1.17 bits per heavy atom. The van der Waals surface area contributed by atoms with Gasteiger partial charge in [0.25, 0.3) is 0 Å². The molecule has 1 amide bonds. The first kappa shape index (κ1) is 15.1. The van der Waals surface area contributed by atoms with Crippen molar-refractivity contribution in [1.82, 2.24) is 9.97 Å². The highest BCUT2D eigenvalue weighted by molar-refractivity contribution is 7.19. The summed E-state index contributed by atoms with van der Waals surface area (Å²) >= 11 is 1.74. The van der Waals surface area contributed by atoms with E-state index in [-0.39, 0.29) is 0 Å². The Bertz CT molecular complexity index is 891. The van der Waals surface area contributed by atoms with Crippen molar-refractivity contribution in [3.05, 3.63) is 52.7 Å². The van der Waals surface area contributed by atoms with Crippen molar-refractivity contribution in [2.75, 3.05) is 5.32 Å². The number of hydrogen-bond acceptors (Lipinski definition) is 5. The number of primary amides is 1. The van der Waals surface area contributed by atoms with E-state index >= 15 is 0 Å². The SMILES string of the molecule is NC(=O)[C@@H](Nc1ncnc2sc3c(c12)CCCC3)c1ccccc1. The third-order valence-electron chi connectivity index (χ3n) is 4.45. The van der Waals surface area contributed by atoms with E-state index in [0.717, 1.165) is 28.6 Å². The van der Waals surface area contributed by atoms with Crippen LogP contribution in [0.5, 0.6) is 0 Å². The summed E-state index contributed by atoms with van der Waals surface area (Å²) in [5.41, 5.74) is 7.80. The van der Waals surface area contributed by atoms with Gasteiger partial charge in [0.15, 0.2) is 0 Å². The minimum atomic E-state index is -0.608. The van der Waals surface area contributed by atoms with Gasteiger partial charge in [-0.1, -0.05) is 30.3 Å². The van der Waals surface area contributed by atoms with Crippen molar-refractivity contribution in [2.24, 2.45) is 5.73 Å². The van der Waals surface area contributed by atoms with Gasteiger partial charge in [-0.05, 0) is 36.8 Å². The second kappa shape index (κ2) is 6.20. The normalized spacial score (nSPS) is 15.0. The van der Waals surface area contributed by atoms with Crippen molar-refractivity contribution < 1.29 is 4.79 Å². The van der Waals surface area contributed by atoms with E-state index in [1.165, 1.54) is 23.3 Å². The lowest BCUT2D eigenvalue weighted by Gasteiger charge is -2.18. The standard InChI is InChI=1S/C18H18N4OS/c19-16(23)15(11-6-2-1-3-7-11)22-17-14-12-8-4-5-9-13(12)24-18(14)21-10-20-17/h1-3,6-7,10,15H,4-5,8-9H2,(H2,19,23)(H,20,21,22)/t15-/m0/s1. The number of nitrogens with one attached hydrogen (secondary N) is 1. The molecule has 2 heterocycles. The number of fused-ring (bicyclic) bond motifs is 3. The number of nitrogens with two attached hydrogens (primary N) is 1. The molecule has 0 bridgehead atoms. The molecule has 1 atom stereocenters. The highest BCUT2D eigenvalue weighted by Crippen LogP contribution is 2.38. The zero-order valence-corrected chi connectivity index (χ0v) is 14.0. The fourth-order valence-corrected chi connectivity index (χ4v) is 4.53. The zero-order valence-electron chi connectivity index (χ0n) is 13.2. The summed E-state index contributed by atoms with van der Waals surface area (Å²) in [6.07, 6.45) is 6.11. The molecule has 0 unspecified atom stereocenters. The molecule has 1 aromatic carbocycles. The van der Waals surface area contributed by atoms with Gasteiger partial charge in [-0.2, -0.15) is 0 Å². The molecule has 3 N–H and O–H groups in total. The summed E-state index contributed by atoms with van der Waals surface area (Å²) in [5.74, 6) is 0.282. The quantitative estimate of drug-likeness (QED) is 0.765. The fraction of sp³-hybridized carbons (Fsp3) is 0.278. The fourth-order valence-electron chi connectivity index (χ4n) is 3.30. The zero-order chi connectivity index (χ0) is 16.5. The highest BCUT2D eigenvalue weighted by Gasteiger charge is 2.23. The predicted octanol–water partition coefficient (Wildman–Crippen LogP) is 3.21. The lowest BCUT2D eigenvalue weighted by atomic mass is 9.97. The van der Waals surface area contributed by atoms with Gasteiger partial charge < -0.3 is 11.1 Å². The van der Waals surface area contributed by atoms with Crippen LogP contribution in [0.15, 0.2) is 36.7 Å². The molecule has 0 saturated heterocycles. The Balaban J connectivity index is 1.78. The molecule has 3 aromatic rings. The van der Waals surface area contributed by atoms with Crippen LogP contribution < -0.4 is 11.1 Å². The number of carbonyl (C=O) groups is 1. The van der Waals surface area contributed by atoms with Crippen LogP contribution in [0.4, 0.5) is 5.82 Å². The maximum atomic E-state index is 12.0. The second-order valence-electron chi connectivity index (χ2n) is 6.00. The molecular weight excluding hydrogens is 320 g/mol. The molecule has 0 radical (unpaired) electrons. The predicted molar refractivity (Wildman–Crippen MR) is 96.1 cm³/mol. The van der Waals surface area contributed by atoms with Gasteiger partial charge >= 0.3 is 0 Å². The van der Waals surface area contributed by atoms with Crippen LogP contribution in [0.1, 0.15) is 34.9 Å². The van der Waals surface area contributed by atoms with Gasteiger partial charge in [-0.15, -0.1) is 11.3 Å². The van der Waals surface area contributed by atoms with E-state index in [9.17, 15) is 4.79 Å². The molecule has 6 heteroatoms. The van der Waals surface area contributed by atoms with Crippen LogP contribution in [0, 0.1) is 0 Å². The second-order valence-corrected chi connectivity index (χ2v) is 7.09. The van der Waals surface area contributed by atoms with Gasteiger partial charge in [0.1, 0.15) is 23.0 Å². The van der Waals surface area contributed by atoms with E-state index in [2.05, 4.69) is 15.3 Å². The first-order chi connectivity index (χ1) is 11.7. The number of anilines is 1. The highest BCUT2D eigenvalue weighted by atomic mass is 32.1. The molecule has 0 saturated carbocycles. The third-order valence-corrected chi connectivity index (χ3v) is 5.65. The molecule has 2 aromatic heterocycles. The molecule has 1 aliphatic carbocycles. The molecule has 0 spiro atoms. The molecule has 122 valence electrons. The summed E-state index contributed by atoms with van der Waals surface area (Å²) < 4.78 is 0. The Hall–Kier alpha value is -2.47. The Morgan fingerprint density at radius 2 is 1.96 bits per heavy atom. The van der Waals surface area contributed by atoms with E-state index in [1.807, 2.05) is 30.3 Å². The molecular formula is C18H18N4OS. The van der Waals surface area contributed by atoms with Crippen molar-refractivity contribution in [3.8, 4) is 0 Å². The molecule has 24 heavy (non-hydrogen) atoms. The average Bonchev–Trinajstić information content (AvgIpc) is 2.99. The summed E-state index contributed by atoms with van der Waals surface area (Å²) in [5, 5.41) is 4.31. The van der Waals surface area contributed by atoms with Crippen LogP contribution in [-0.4, -0.2) is 15.9 Å². The first-order valence-electron chi connectivity index (χ1n) is 8.10. The molecule has 1 aliphatic rings. The molecule has 0 fully saturated rings. The first-order valence-corrected chi connectivity index (χ1v) is 8.91. The lowest BCUT2D eigenvalue weighted by Crippen LogP contribution is -2.28. The Kier molecular flexibility index (Phi) is 3.90. The van der Waals surface area contributed by atoms with Gasteiger partial charge in [-0.3, -0.25) is 4.79 Å². The molecule has 4 rings (SSSR count). The topological polar surface area (TPSA) is 80.9 Å². The lowest BCUT2D eigenvalue weighted by molar-refractivity contribution is -0.118. The largest absolute Gasteiger partial charge is 0.368 e. The smallest absolute Gasteiger partial charge is 0.244 e. The number of hydrogen-bond donors (Lipinski definition) is 2. The van der Waals surface area contributed by atoms with Gasteiger partial charge in [-0.25, -0.2) is 9.97 Å². The Morgan fingerprint density at radius 3 is 2.75 bits per heavy atom. The number of rotatable bonds is 4. The van der Waals surface area contributed by atoms with Gasteiger partial charge in [0.05, 0.1) is 5.39 Å². The number of thiophene rings is 1. The van der Waals surface area contributed by atoms with Crippen molar-refractivity contribution in [2.45, 2.75) is 31.7 Å². The average molecular weight is 338 g/mol. The van der Waals surface area contributed by atoms with E-state index in [4.69, 9.17) is 5.73 Å². The number of aromatic nitrogens is 2. The van der Waals surface area contributed by atoms with Crippen molar-refractivity contribution in [3.63, 3.8) is 0 Å². The summed E-state index contributed by atoms with van der Waals surface area (Å²) in [6.45, 7) is 0. The maximum Gasteiger partial charge on any atom is 0.244 e. The van der Waals surface area contributed by atoms with E-state index in [0.29, 0.717) is 5.82 Å². The maximum absolute atomic E-state index is 12.0. The van der Waals surface area contributed by atoms with Crippen LogP contribution in [-0.2, 0) is 17.6 Å². The minimum absolute atomic E-state index is 0.419. The van der Waals surface area contributed by atoms with Crippen molar-refractivity contribution in [1.29, 1.82) is 0 Å². The number of benzene rings is 1. The number of nitrogens with zero attached hydrogens (tertiary/aromatic N) is 2. The van der Waals surface area contributed by atoms with Crippen LogP contribution in [0.3, 0.4) is 0 Å². The molecule has 0 aliphatic heterocycles. The van der Waals surface area contributed by atoms with Gasteiger partial charge in [0.2, 0.25) is 5.91 Å². The summed E-state index contributed by atoms with van der Waals surface area (Å²) in [7, 11) is 0. The number of carbonyl (C=O) groups excluding carboxylic acids is 1. The van der Waals surface area contributed by atoms with Gasteiger partial charge in [0, 0.05) is 4.88 Å². The third kappa shape index (κ3) is 2.63. The Labute approximate surface area is 143 Å². The van der Waals surface area contributed by atoms with Crippen LogP contribution in [0.2, 0.25) is 0 Å². The number of aryl methyl sites for hydroxylation is 2. The van der Waals surface area contributed by atoms with Crippen molar-refractivity contribution >= 4 is 33.3 Å². The van der Waals surface area contributed by atoms with E-state index in [1.54, 1.807) is 17.7 Å². The monoisotopic (exact) mass is 338 g/mol. The van der Waals surface area contributed by atoms with E-state index < -0.39 is 11.9 Å². The molecule has 5 nitrogen and oxygen atoms in total.